The van der Waals surface area contributed by atoms with E-state index in [0.717, 1.165) is 38.9 Å². The highest BCUT2D eigenvalue weighted by molar-refractivity contribution is 5.68. The van der Waals surface area contributed by atoms with Crippen molar-refractivity contribution in [3.8, 4) is 0 Å². The highest BCUT2D eigenvalue weighted by Crippen LogP contribution is 2.27. The maximum atomic E-state index is 12.3. The molecule has 18 heavy (non-hydrogen) atoms. The zero-order chi connectivity index (χ0) is 13.3. The number of carbonyl (C=O) groups is 1. The number of hydrogen-bond donors (Lipinski definition) is 0. The lowest BCUT2D eigenvalue weighted by atomic mass is 10.1. The van der Waals surface area contributed by atoms with Crippen molar-refractivity contribution >= 4 is 6.09 Å². The Morgan fingerprint density at radius 2 is 1.89 bits per heavy atom. The molecule has 0 radical (unpaired) electrons. The maximum absolute atomic E-state index is 12.3. The molecule has 4 nitrogen and oxygen atoms in total. The molecule has 3 saturated heterocycles. The van der Waals surface area contributed by atoms with E-state index in [-0.39, 0.29) is 6.09 Å². The van der Waals surface area contributed by atoms with Gasteiger partial charge in [-0.3, -0.25) is 4.90 Å². The summed E-state index contributed by atoms with van der Waals surface area (Å²) in [7, 11) is 0. The second kappa shape index (κ2) is 5.08. The monoisotopic (exact) mass is 254 g/mol. The SMILES string of the molecule is CCC1CN(C(=O)OC(C)(C)C)C2CCN1CC2. The van der Waals surface area contributed by atoms with E-state index in [1.165, 1.54) is 0 Å². The van der Waals surface area contributed by atoms with Crippen LogP contribution >= 0.6 is 0 Å². The largest absolute Gasteiger partial charge is 0.444 e. The Morgan fingerprint density at radius 3 is 2.39 bits per heavy atom. The van der Waals surface area contributed by atoms with Crippen molar-refractivity contribution in [1.82, 2.24) is 9.80 Å². The van der Waals surface area contributed by atoms with Crippen LogP contribution in [-0.2, 0) is 4.74 Å². The third kappa shape index (κ3) is 2.97. The molecular weight excluding hydrogens is 228 g/mol. The van der Waals surface area contributed by atoms with Gasteiger partial charge in [-0.2, -0.15) is 0 Å². The van der Waals surface area contributed by atoms with Gasteiger partial charge in [0.25, 0.3) is 0 Å². The van der Waals surface area contributed by atoms with Gasteiger partial charge in [-0.25, -0.2) is 4.79 Å². The first-order valence-corrected chi connectivity index (χ1v) is 7.14. The molecule has 0 saturated carbocycles. The van der Waals surface area contributed by atoms with Crippen molar-refractivity contribution in [1.29, 1.82) is 0 Å². The Labute approximate surface area is 110 Å². The van der Waals surface area contributed by atoms with E-state index in [1.54, 1.807) is 0 Å². The number of rotatable bonds is 1. The van der Waals surface area contributed by atoms with Gasteiger partial charge in [0.1, 0.15) is 5.60 Å². The van der Waals surface area contributed by atoms with Crippen LogP contribution < -0.4 is 0 Å². The Morgan fingerprint density at radius 1 is 1.28 bits per heavy atom. The fourth-order valence-corrected chi connectivity index (χ4v) is 2.99. The van der Waals surface area contributed by atoms with E-state index < -0.39 is 5.60 Å². The second-order valence-electron chi connectivity index (χ2n) is 6.46. The molecule has 3 fully saturated rings. The fraction of sp³-hybridized carbons (Fsp3) is 0.929. The molecule has 3 heterocycles. The maximum Gasteiger partial charge on any atom is 0.410 e. The Kier molecular flexibility index (Phi) is 3.85. The van der Waals surface area contributed by atoms with Crippen LogP contribution in [0.25, 0.3) is 0 Å². The van der Waals surface area contributed by atoms with Crippen LogP contribution in [0.3, 0.4) is 0 Å². The smallest absolute Gasteiger partial charge is 0.410 e. The molecule has 3 rings (SSSR count). The summed E-state index contributed by atoms with van der Waals surface area (Å²) < 4.78 is 5.54. The minimum Gasteiger partial charge on any atom is -0.444 e. The summed E-state index contributed by atoms with van der Waals surface area (Å²) in [4.78, 5) is 16.8. The molecule has 0 aromatic carbocycles. The molecule has 2 bridgehead atoms. The van der Waals surface area contributed by atoms with Crippen molar-refractivity contribution < 1.29 is 9.53 Å². The van der Waals surface area contributed by atoms with Crippen molar-refractivity contribution in [3.05, 3.63) is 0 Å². The standard InChI is InChI=1S/C14H26N2O2/c1-5-11-10-16(13(17)18-14(2,3)4)12-6-8-15(11)9-7-12/h11-12H,5-10H2,1-4H3. The van der Waals surface area contributed by atoms with Gasteiger partial charge >= 0.3 is 6.09 Å². The van der Waals surface area contributed by atoms with E-state index in [2.05, 4.69) is 11.8 Å². The van der Waals surface area contributed by atoms with Crippen molar-refractivity contribution in [2.75, 3.05) is 19.6 Å². The summed E-state index contributed by atoms with van der Waals surface area (Å²) >= 11 is 0. The van der Waals surface area contributed by atoms with Gasteiger partial charge in [-0.1, -0.05) is 6.92 Å². The van der Waals surface area contributed by atoms with Crippen LogP contribution in [-0.4, -0.2) is 53.2 Å². The molecule has 3 aliphatic heterocycles. The Balaban J connectivity index is 2.09. The quantitative estimate of drug-likeness (QED) is 0.720. The summed E-state index contributed by atoms with van der Waals surface area (Å²) in [5, 5.41) is 0. The topological polar surface area (TPSA) is 32.8 Å². The third-order valence-electron chi connectivity index (χ3n) is 3.96. The molecule has 3 aliphatic rings. The molecule has 0 N–H and O–H groups in total. The lowest BCUT2D eigenvalue weighted by molar-refractivity contribution is 0.0162. The number of nitrogens with zero attached hydrogens (tertiary/aromatic N) is 2. The molecule has 1 unspecified atom stereocenters. The second-order valence-corrected chi connectivity index (χ2v) is 6.46. The predicted octanol–water partition coefficient (Wildman–Crippen LogP) is 2.48. The first-order chi connectivity index (χ1) is 8.40. The molecule has 104 valence electrons. The summed E-state index contributed by atoms with van der Waals surface area (Å²) in [6, 6.07) is 0.887. The fourth-order valence-electron chi connectivity index (χ4n) is 2.99. The summed E-state index contributed by atoms with van der Waals surface area (Å²) in [5.74, 6) is 0. The number of amides is 1. The predicted molar refractivity (Wildman–Crippen MR) is 71.6 cm³/mol. The van der Waals surface area contributed by atoms with E-state index in [0.29, 0.717) is 12.1 Å². The van der Waals surface area contributed by atoms with Crippen LogP contribution in [0, 0.1) is 0 Å². The number of carbonyl (C=O) groups excluding carboxylic acids is 1. The van der Waals surface area contributed by atoms with Crippen LogP contribution in [0.5, 0.6) is 0 Å². The van der Waals surface area contributed by atoms with E-state index >= 15 is 0 Å². The molecule has 1 atom stereocenters. The number of piperidine rings is 1. The zero-order valence-electron chi connectivity index (χ0n) is 12.1. The van der Waals surface area contributed by atoms with Gasteiger partial charge in [-0.15, -0.1) is 0 Å². The van der Waals surface area contributed by atoms with Gasteiger partial charge in [0.05, 0.1) is 0 Å². The van der Waals surface area contributed by atoms with Crippen molar-refractivity contribution in [2.24, 2.45) is 0 Å². The van der Waals surface area contributed by atoms with E-state index in [4.69, 9.17) is 4.74 Å². The van der Waals surface area contributed by atoms with Crippen molar-refractivity contribution in [3.63, 3.8) is 0 Å². The van der Waals surface area contributed by atoms with E-state index in [1.807, 2.05) is 25.7 Å². The Bertz CT molecular complexity index is 303. The zero-order valence-corrected chi connectivity index (χ0v) is 12.1. The summed E-state index contributed by atoms with van der Waals surface area (Å²) in [5.41, 5.74) is -0.399. The summed E-state index contributed by atoms with van der Waals surface area (Å²) in [6.07, 6.45) is 3.16. The van der Waals surface area contributed by atoms with Gasteiger partial charge in [0.15, 0.2) is 0 Å². The van der Waals surface area contributed by atoms with Gasteiger partial charge < -0.3 is 9.64 Å². The lowest BCUT2D eigenvalue weighted by Crippen LogP contribution is -2.44. The van der Waals surface area contributed by atoms with Crippen LogP contribution in [0.4, 0.5) is 4.79 Å². The van der Waals surface area contributed by atoms with Crippen LogP contribution in [0.2, 0.25) is 0 Å². The molecule has 4 heteroatoms. The van der Waals surface area contributed by atoms with Gasteiger partial charge in [0, 0.05) is 31.7 Å². The third-order valence-corrected chi connectivity index (χ3v) is 3.96. The average Bonchev–Trinajstić information content (AvgIpc) is 2.56. The molecule has 0 aromatic heterocycles. The molecule has 1 amide bonds. The average molecular weight is 254 g/mol. The normalized spacial score (nSPS) is 32.2. The lowest BCUT2D eigenvalue weighted by Gasteiger charge is -2.32. The summed E-state index contributed by atoms with van der Waals surface area (Å²) in [6.45, 7) is 11.1. The minimum absolute atomic E-state index is 0.130. The first-order valence-electron chi connectivity index (χ1n) is 7.14. The van der Waals surface area contributed by atoms with E-state index in [9.17, 15) is 4.79 Å². The van der Waals surface area contributed by atoms with Crippen LogP contribution in [0.1, 0.15) is 47.0 Å². The van der Waals surface area contributed by atoms with Gasteiger partial charge in [0.2, 0.25) is 0 Å². The highest BCUT2D eigenvalue weighted by atomic mass is 16.6. The van der Waals surface area contributed by atoms with Gasteiger partial charge in [-0.05, 0) is 40.0 Å². The highest BCUT2D eigenvalue weighted by Gasteiger charge is 2.38. The molecule has 0 spiro atoms. The number of hydrogen-bond acceptors (Lipinski definition) is 3. The van der Waals surface area contributed by atoms with Crippen molar-refractivity contribution in [2.45, 2.75) is 64.6 Å². The number of ether oxygens (including phenoxy) is 1. The van der Waals surface area contributed by atoms with Crippen LogP contribution in [0.15, 0.2) is 0 Å². The molecule has 0 aliphatic carbocycles. The number of fused-ring (bicyclic) bond motifs is 4. The first kappa shape index (κ1) is 13.7. The molecular formula is C14H26N2O2. The Hall–Kier alpha value is -0.770. The molecule has 0 aromatic rings. The minimum atomic E-state index is -0.399.